The van der Waals surface area contributed by atoms with Crippen LogP contribution >= 0.6 is 11.6 Å². The molecule has 2 rings (SSSR count). The number of para-hydroxylation sites is 1. The number of rotatable bonds is 6. The van der Waals surface area contributed by atoms with E-state index in [2.05, 4.69) is 5.32 Å². The standard InChI is InChI=1S/C16H18ClNO3/c1-18-9-12-4-3-5-13(17)16(12)21-14-7-6-11(10-19)8-15(14)20-2/h3-8,18-19H,9-10H2,1-2H3. The zero-order chi connectivity index (χ0) is 15.2. The predicted molar refractivity (Wildman–Crippen MR) is 83.2 cm³/mol. The molecule has 0 heterocycles. The van der Waals surface area contributed by atoms with E-state index in [9.17, 15) is 5.11 Å². The Hall–Kier alpha value is -1.75. The number of nitrogens with one attached hydrogen (secondary N) is 1. The number of aliphatic hydroxyl groups is 1. The molecular weight excluding hydrogens is 290 g/mol. The Bertz CT molecular complexity index is 616. The average molecular weight is 308 g/mol. The summed E-state index contributed by atoms with van der Waals surface area (Å²) in [6.07, 6.45) is 0. The highest BCUT2D eigenvalue weighted by molar-refractivity contribution is 6.32. The van der Waals surface area contributed by atoms with Crippen molar-refractivity contribution in [2.24, 2.45) is 0 Å². The van der Waals surface area contributed by atoms with Crippen LogP contribution in [-0.2, 0) is 13.2 Å². The van der Waals surface area contributed by atoms with Gasteiger partial charge in [0.25, 0.3) is 0 Å². The predicted octanol–water partition coefficient (Wildman–Crippen LogP) is 3.35. The summed E-state index contributed by atoms with van der Waals surface area (Å²) in [6, 6.07) is 10.9. The summed E-state index contributed by atoms with van der Waals surface area (Å²) < 4.78 is 11.2. The largest absolute Gasteiger partial charge is 0.493 e. The number of benzene rings is 2. The number of halogens is 1. The van der Waals surface area contributed by atoms with Crippen LogP contribution in [0.3, 0.4) is 0 Å². The second kappa shape index (κ2) is 7.31. The average Bonchev–Trinajstić information content (AvgIpc) is 2.51. The first-order chi connectivity index (χ1) is 10.2. The van der Waals surface area contributed by atoms with Crippen LogP contribution in [0.2, 0.25) is 5.02 Å². The van der Waals surface area contributed by atoms with E-state index in [-0.39, 0.29) is 6.61 Å². The van der Waals surface area contributed by atoms with Gasteiger partial charge in [0.1, 0.15) is 0 Å². The molecule has 0 saturated heterocycles. The zero-order valence-electron chi connectivity index (χ0n) is 12.0. The Labute approximate surface area is 129 Å². The molecule has 0 radical (unpaired) electrons. The maximum atomic E-state index is 9.17. The SMILES string of the molecule is CNCc1cccc(Cl)c1Oc1ccc(CO)cc1OC. The van der Waals surface area contributed by atoms with Gasteiger partial charge in [0.15, 0.2) is 17.2 Å². The molecule has 0 fully saturated rings. The summed E-state index contributed by atoms with van der Waals surface area (Å²) in [7, 11) is 3.42. The van der Waals surface area contributed by atoms with Crippen LogP contribution in [0.15, 0.2) is 36.4 Å². The molecule has 0 aliphatic rings. The van der Waals surface area contributed by atoms with Gasteiger partial charge in [0, 0.05) is 12.1 Å². The van der Waals surface area contributed by atoms with Crippen LogP contribution < -0.4 is 14.8 Å². The first kappa shape index (κ1) is 15.6. The molecule has 0 aliphatic heterocycles. The van der Waals surface area contributed by atoms with Crippen molar-refractivity contribution in [3.63, 3.8) is 0 Å². The lowest BCUT2D eigenvalue weighted by Crippen LogP contribution is -2.06. The quantitative estimate of drug-likeness (QED) is 0.859. The molecule has 0 aromatic heterocycles. The van der Waals surface area contributed by atoms with Crippen LogP contribution in [0.5, 0.6) is 17.2 Å². The van der Waals surface area contributed by atoms with E-state index in [1.165, 1.54) is 0 Å². The van der Waals surface area contributed by atoms with Gasteiger partial charge in [-0.25, -0.2) is 0 Å². The van der Waals surface area contributed by atoms with E-state index in [0.29, 0.717) is 28.8 Å². The highest BCUT2D eigenvalue weighted by atomic mass is 35.5. The lowest BCUT2D eigenvalue weighted by molar-refractivity contribution is 0.280. The molecule has 112 valence electrons. The number of methoxy groups -OCH3 is 1. The molecule has 0 bridgehead atoms. The maximum absolute atomic E-state index is 9.17. The van der Waals surface area contributed by atoms with Gasteiger partial charge in [-0.2, -0.15) is 0 Å². The van der Waals surface area contributed by atoms with Crippen LogP contribution in [0, 0.1) is 0 Å². The van der Waals surface area contributed by atoms with Gasteiger partial charge in [-0.15, -0.1) is 0 Å². The molecule has 4 nitrogen and oxygen atoms in total. The normalized spacial score (nSPS) is 10.5. The summed E-state index contributed by atoms with van der Waals surface area (Å²) in [4.78, 5) is 0. The first-order valence-electron chi connectivity index (χ1n) is 6.57. The lowest BCUT2D eigenvalue weighted by Gasteiger charge is -2.15. The minimum Gasteiger partial charge on any atom is -0.493 e. The molecule has 2 aromatic carbocycles. The third kappa shape index (κ3) is 3.67. The van der Waals surface area contributed by atoms with Gasteiger partial charge >= 0.3 is 0 Å². The van der Waals surface area contributed by atoms with E-state index in [1.54, 1.807) is 31.4 Å². The lowest BCUT2D eigenvalue weighted by atomic mass is 10.2. The summed E-state index contributed by atoms with van der Waals surface area (Å²) in [5.41, 5.74) is 1.71. The molecule has 2 N–H and O–H groups in total. The first-order valence-corrected chi connectivity index (χ1v) is 6.95. The Morgan fingerprint density at radius 1 is 1.19 bits per heavy atom. The summed E-state index contributed by atoms with van der Waals surface area (Å²) in [6.45, 7) is 0.598. The van der Waals surface area contributed by atoms with Gasteiger partial charge in [-0.05, 0) is 30.8 Å². The Kier molecular flexibility index (Phi) is 5.44. The highest BCUT2D eigenvalue weighted by Crippen LogP contribution is 2.37. The van der Waals surface area contributed by atoms with Crippen molar-refractivity contribution < 1.29 is 14.6 Å². The fraction of sp³-hybridized carbons (Fsp3) is 0.250. The van der Waals surface area contributed by atoms with Gasteiger partial charge in [-0.3, -0.25) is 0 Å². The molecule has 0 aliphatic carbocycles. The van der Waals surface area contributed by atoms with Crippen LogP contribution in [0.1, 0.15) is 11.1 Å². The number of hydrogen-bond acceptors (Lipinski definition) is 4. The van der Waals surface area contributed by atoms with Gasteiger partial charge in [0.2, 0.25) is 0 Å². The summed E-state index contributed by atoms with van der Waals surface area (Å²) in [5, 5.41) is 12.8. The Morgan fingerprint density at radius 2 is 2.00 bits per heavy atom. The third-order valence-corrected chi connectivity index (χ3v) is 3.34. The molecule has 5 heteroatoms. The number of aliphatic hydroxyl groups excluding tert-OH is 1. The third-order valence-electron chi connectivity index (χ3n) is 3.04. The van der Waals surface area contributed by atoms with Crippen molar-refractivity contribution in [1.82, 2.24) is 5.32 Å². The molecule has 0 atom stereocenters. The van der Waals surface area contributed by atoms with E-state index >= 15 is 0 Å². The van der Waals surface area contributed by atoms with E-state index in [4.69, 9.17) is 21.1 Å². The second-order valence-electron chi connectivity index (χ2n) is 4.50. The van der Waals surface area contributed by atoms with Crippen LogP contribution in [-0.4, -0.2) is 19.3 Å². The van der Waals surface area contributed by atoms with Gasteiger partial charge in [-0.1, -0.05) is 29.8 Å². The molecule has 0 unspecified atom stereocenters. The van der Waals surface area contributed by atoms with Crippen molar-refractivity contribution in [2.45, 2.75) is 13.2 Å². The highest BCUT2D eigenvalue weighted by Gasteiger charge is 2.12. The molecule has 0 amide bonds. The van der Waals surface area contributed by atoms with Crippen molar-refractivity contribution >= 4 is 11.6 Å². The Morgan fingerprint density at radius 3 is 2.67 bits per heavy atom. The summed E-state index contributed by atoms with van der Waals surface area (Å²) in [5.74, 6) is 1.71. The maximum Gasteiger partial charge on any atom is 0.169 e. The van der Waals surface area contributed by atoms with E-state index in [0.717, 1.165) is 11.1 Å². The Balaban J connectivity index is 2.38. The van der Waals surface area contributed by atoms with E-state index in [1.807, 2.05) is 19.2 Å². The monoisotopic (exact) mass is 307 g/mol. The van der Waals surface area contributed by atoms with Gasteiger partial charge in [0.05, 0.1) is 18.7 Å². The molecule has 0 spiro atoms. The fourth-order valence-electron chi connectivity index (χ4n) is 2.00. The molecule has 2 aromatic rings. The number of ether oxygens (including phenoxy) is 2. The molecular formula is C16H18ClNO3. The zero-order valence-corrected chi connectivity index (χ0v) is 12.8. The van der Waals surface area contributed by atoms with Crippen molar-refractivity contribution in [3.8, 4) is 17.2 Å². The van der Waals surface area contributed by atoms with Crippen LogP contribution in [0.4, 0.5) is 0 Å². The van der Waals surface area contributed by atoms with Crippen molar-refractivity contribution in [1.29, 1.82) is 0 Å². The van der Waals surface area contributed by atoms with E-state index < -0.39 is 0 Å². The fourth-order valence-corrected chi connectivity index (χ4v) is 2.23. The van der Waals surface area contributed by atoms with Crippen LogP contribution in [0.25, 0.3) is 0 Å². The summed E-state index contributed by atoms with van der Waals surface area (Å²) >= 11 is 6.24. The van der Waals surface area contributed by atoms with Gasteiger partial charge < -0.3 is 19.9 Å². The second-order valence-corrected chi connectivity index (χ2v) is 4.91. The van der Waals surface area contributed by atoms with Crippen molar-refractivity contribution in [3.05, 3.63) is 52.5 Å². The minimum atomic E-state index is -0.0479. The molecule has 0 saturated carbocycles. The number of hydrogen-bond donors (Lipinski definition) is 2. The smallest absolute Gasteiger partial charge is 0.169 e. The molecule has 21 heavy (non-hydrogen) atoms. The minimum absolute atomic E-state index is 0.0479. The topological polar surface area (TPSA) is 50.7 Å². The van der Waals surface area contributed by atoms with Crippen molar-refractivity contribution in [2.75, 3.05) is 14.2 Å².